The number of nitrogen functional groups attached to an aromatic ring is 1. The van der Waals surface area contributed by atoms with Crippen molar-refractivity contribution in [2.24, 2.45) is 0 Å². The van der Waals surface area contributed by atoms with Gasteiger partial charge in [0.25, 0.3) is 9.05 Å². The molecular weight excluding hydrogens is 290 g/mol. The molecule has 90 valence electrons. The summed E-state index contributed by atoms with van der Waals surface area (Å²) < 4.78 is 59.5. The SMILES string of the molecule is Nc1ccc(S(=O)(=O)Cl)c(C(F)(F)F)c1Cl. The maximum atomic E-state index is 12.6. The lowest BCUT2D eigenvalue weighted by Crippen LogP contribution is -2.12. The second-order valence-electron chi connectivity index (χ2n) is 2.78. The van der Waals surface area contributed by atoms with Gasteiger partial charge in [0.1, 0.15) is 0 Å². The number of alkyl halides is 3. The summed E-state index contributed by atoms with van der Waals surface area (Å²) in [6, 6.07) is 1.60. The van der Waals surface area contributed by atoms with E-state index in [0.29, 0.717) is 6.07 Å². The Morgan fingerprint density at radius 2 is 1.75 bits per heavy atom. The van der Waals surface area contributed by atoms with Gasteiger partial charge in [0, 0.05) is 10.7 Å². The first-order valence-electron chi connectivity index (χ1n) is 3.65. The molecule has 1 aromatic carbocycles. The molecule has 0 saturated carbocycles. The van der Waals surface area contributed by atoms with Gasteiger partial charge in [-0.25, -0.2) is 8.42 Å². The highest BCUT2D eigenvalue weighted by atomic mass is 35.7. The predicted octanol–water partition coefficient (Wildman–Crippen LogP) is 2.87. The Balaban J connectivity index is 3.73. The van der Waals surface area contributed by atoms with Crippen LogP contribution in [0, 0.1) is 0 Å². The van der Waals surface area contributed by atoms with Crippen molar-refractivity contribution in [2.45, 2.75) is 11.1 Å². The van der Waals surface area contributed by atoms with E-state index in [2.05, 4.69) is 0 Å². The van der Waals surface area contributed by atoms with Crippen molar-refractivity contribution < 1.29 is 21.6 Å². The van der Waals surface area contributed by atoms with Crippen molar-refractivity contribution in [3.05, 3.63) is 22.7 Å². The van der Waals surface area contributed by atoms with Crippen LogP contribution in [0.4, 0.5) is 18.9 Å². The largest absolute Gasteiger partial charge is 0.419 e. The molecule has 0 amide bonds. The van der Waals surface area contributed by atoms with Gasteiger partial charge in [-0.15, -0.1) is 0 Å². The monoisotopic (exact) mass is 293 g/mol. The normalized spacial score (nSPS) is 12.8. The van der Waals surface area contributed by atoms with E-state index in [1.807, 2.05) is 0 Å². The first-order valence-corrected chi connectivity index (χ1v) is 6.33. The first kappa shape index (κ1) is 13.4. The van der Waals surface area contributed by atoms with E-state index in [1.54, 1.807) is 0 Å². The minimum absolute atomic E-state index is 0.377. The number of anilines is 1. The van der Waals surface area contributed by atoms with Gasteiger partial charge in [-0.05, 0) is 12.1 Å². The summed E-state index contributed by atoms with van der Waals surface area (Å²) in [7, 11) is 0.323. The van der Waals surface area contributed by atoms with Crippen LogP contribution in [-0.4, -0.2) is 8.42 Å². The number of rotatable bonds is 1. The Bertz CT molecular complexity index is 527. The zero-order chi connectivity index (χ0) is 12.7. The van der Waals surface area contributed by atoms with Crippen LogP contribution in [0.25, 0.3) is 0 Å². The maximum Gasteiger partial charge on any atom is 0.419 e. The zero-order valence-electron chi connectivity index (χ0n) is 7.35. The van der Waals surface area contributed by atoms with Gasteiger partial charge in [-0.2, -0.15) is 13.2 Å². The van der Waals surface area contributed by atoms with Crippen LogP contribution in [0.2, 0.25) is 5.02 Å². The summed E-state index contributed by atoms with van der Waals surface area (Å²) in [5, 5.41) is -0.880. The Morgan fingerprint density at radius 1 is 1.25 bits per heavy atom. The number of nitrogens with two attached hydrogens (primary N) is 1. The van der Waals surface area contributed by atoms with Crippen molar-refractivity contribution in [1.29, 1.82) is 0 Å². The van der Waals surface area contributed by atoms with E-state index in [0.717, 1.165) is 6.07 Å². The van der Waals surface area contributed by atoms with Crippen molar-refractivity contribution in [2.75, 3.05) is 5.73 Å². The standard InChI is InChI=1S/C7H4Cl2F3NO2S/c8-6-3(13)1-2-4(16(9,14)15)5(6)7(10,11)12/h1-2H,13H2. The Morgan fingerprint density at radius 3 is 2.12 bits per heavy atom. The number of hydrogen-bond acceptors (Lipinski definition) is 3. The fourth-order valence-corrected chi connectivity index (χ4v) is 2.45. The van der Waals surface area contributed by atoms with Crippen molar-refractivity contribution >= 4 is 37.0 Å². The highest BCUT2D eigenvalue weighted by Gasteiger charge is 2.39. The fourth-order valence-electron chi connectivity index (χ4n) is 1.04. The van der Waals surface area contributed by atoms with Crippen molar-refractivity contribution in [3.63, 3.8) is 0 Å². The Labute approximate surface area is 98.4 Å². The minimum Gasteiger partial charge on any atom is -0.398 e. The van der Waals surface area contributed by atoms with Gasteiger partial charge in [0.2, 0.25) is 0 Å². The van der Waals surface area contributed by atoms with Gasteiger partial charge in [0.05, 0.1) is 21.2 Å². The molecule has 0 saturated heterocycles. The molecule has 9 heteroatoms. The topological polar surface area (TPSA) is 60.2 Å². The minimum atomic E-state index is -4.95. The molecule has 0 bridgehead atoms. The molecule has 3 nitrogen and oxygen atoms in total. The van der Waals surface area contributed by atoms with Gasteiger partial charge < -0.3 is 5.73 Å². The van der Waals surface area contributed by atoms with Crippen LogP contribution in [0.3, 0.4) is 0 Å². The number of halogens is 5. The highest BCUT2D eigenvalue weighted by molar-refractivity contribution is 8.13. The third-order valence-corrected chi connectivity index (χ3v) is 3.45. The third kappa shape index (κ3) is 2.53. The average Bonchev–Trinajstić information content (AvgIpc) is 2.05. The quantitative estimate of drug-likeness (QED) is 0.640. The summed E-state index contributed by atoms with van der Waals surface area (Å²) in [5.74, 6) is 0. The molecule has 0 spiro atoms. The van der Waals surface area contributed by atoms with Crippen LogP contribution in [-0.2, 0) is 15.2 Å². The van der Waals surface area contributed by atoms with Crippen LogP contribution in [0.1, 0.15) is 5.56 Å². The molecule has 0 fully saturated rings. The van der Waals surface area contributed by atoms with Gasteiger partial charge in [-0.1, -0.05) is 11.6 Å². The van der Waals surface area contributed by atoms with E-state index >= 15 is 0 Å². The van der Waals surface area contributed by atoms with Crippen LogP contribution in [0.5, 0.6) is 0 Å². The Kier molecular flexibility index (Phi) is 3.33. The van der Waals surface area contributed by atoms with E-state index < -0.39 is 30.7 Å². The molecule has 0 radical (unpaired) electrons. The summed E-state index contributed by atoms with van der Waals surface area (Å²) in [4.78, 5) is -1.11. The lowest BCUT2D eigenvalue weighted by Gasteiger charge is -2.13. The molecule has 0 unspecified atom stereocenters. The molecular formula is C7H4Cl2F3NO2S. The molecule has 16 heavy (non-hydrogen) atoms. The summed E-state index contributed by atoms with van der Waals surface area (Å²) in [6.45, 7) is 0. The molecule has 0 aromatic heterocycles. The molecule has 0 aliphatic carbocycles. The summed E-state index contributed by atoms with van der Waals surface area (Å²) in [6.07, 6.45) is -4.95. The Hall–Kier alpha value is -0.660. The van der Waals surface area contributed by atoms with E-state index in [1.165, 1.54) is 0 Å². The van der Waals surface area contributed by atoms with Gasteiger partial charge >= 0.3 is 6.18 Å². The van der Waals surface area contributed by atoms with E-state index in [-0.39, 0.29) is 5.69 Å². The summed E-state index contributed by atoms with van der Waals surface area (Å²) >= 11 is 5.32. The maximum absolute atomic E-state index is 12.6. The van der Waals surface area contributed by atoms with E-state index in [9.17, 15) is 21.6 Å². The lowest BCUT2D eigenvalue weighted by molar-refractivity contribution is -0.139. The van der Waals surface area contributed by atoms with Crippen LogP contribution >= 0.6 is 22.3 Å². The van der Waals surface area contributed by atoms with Crippen molar-refractivity contribution in [3.8, 4) is 0 Å². The highest BCUT2D eigenvalue weighted by Crippen LogP contribution is 2.42. The smallest absolute Gasteiger partial charge is 0.398 e. The molecule has 2 N–H and O–H groups in total. The second kappa shape index (κ2) is 3.97. The van der Waals surface area contributed by atoms with Crippen LogP contribution in [0.15, 0.2) is 17.0 Å². The van der Waals surface area contributed by atoms with Gasteiger partial charge in [-0.3, -0.25) is 0 Å². The lowest BCUT2D eigenvalue weighted by atomic mass is 10.2. The molecule has 1 aromatic rings. The molecule has 0 aliphatic rings. The molecule has 0 atom stereocenters. The molecule has 1 rings (SSSR count). The number of hydrogen-bond donors (Lipinski definition) is 1. The fraction of sp³-hybridized carbons (Fsp3) is 0.143. The van der Waals surface area contributed by atoms with Crippen molar-refractivity contribution in [1.82, 2.24) is 0 Å². The van der Waals surface area contributed by atoms with Gasteiger partial charge in [0.15, 0.2) is 0 Å². The first-order chi connectivity index (χ1) is 7.05. The third-order valence-electron chi connectivity index (χ3n) is 1.68. The summed E-state index contributed by atoms with van der Waals surface area (Å²) in [5.41, 5.74) is 3.23. The zero-order valence-corrected chi connectivity index (χ0v) is 9.67. The average molecular weight is 294 g/mol. The van der Waals surface area contributed by atoms with Crippen LogP contribution < -0.4 is 5.73 Å². The number of benzene rings is 1. The second-order valence-corrected chi connectivity index (χ2v) is 5.69. The predicted molar refractivity (Wildman–Crippen MR) is 53.9 cm³/mol. The molecule has 0 heterocycles. The molecule has 0 aliphatic heterocycles. The van der Waals surface area contributed by atoms with E-state index in [4.69, 9.17) is 28.0 Å².